The van der Waals surface area contributed by atoms with E-state index in [9.17, 15) is 0 Å². The molecule has 0 aliphatic heterocycles. The minimum atomic E-state index is 0.744. The van der Waals surface area contributed by atoms with Crippen LogP contribution in [-0.2, 0) is 0 Å². The molecule has 0 amide bonds. The summed E-state index contributed by atoms with van der Waals surface area (Å²) in [6.07, 6.45) is 5.18. The van der Waals surface area contributed by atoms with E-state index in [1.165, 1.54) is 0 Å². The monoisotopic (exact) mass is 376 g/mol. The zero-order valence-electron chi connectivity index (χ0n) is 15.4. The van der Waals surface area contributed by atoms with Crippen LogP contribution in [0.4, 0.5) is 0 Å². The average molecular weight is 376 g/mol. The van der Waals surface area contributed by atoms with Crippen LogP contribution in [0.5, 0.6) is 0 Å². The Balaban J connectivity index is 1.56. The predicted molar refractivity (Wildman–Crippen MR) is 112 cm³/mol. The summed E-state index contributed by atoms with van der Waals surface area (Å²) in [6, 6.07) is 23.3. The number of hydrogen-bond donors (Lipinski definition) is 1. The number of aromatic amines is 1. The van der Waals surface area contributed by atoms with E-state index in [1.54, 1.807) is 18.7 Å². The van der Waals surface area contributed by atoms with Gasteiger partial charge in [-0.3, -0.25) is 9.97 Å². The summed E-state index contributed by atoms with van der Waals surface area (Å²) in [4.78, 5) is 26.0. The molecule has 0 radical (unpaired) electrons. The number of aromatic nitrogens is 6. The van der Waals surface area contributed by atoms with Crippen LogP contribution in [-0.4, -0.2) is 29.9 Å². The quantitative estimate of drug-likeness (QED) is 0.493. The third-order valence-corrected chi connectivity index (χ3v) is 4.49. The second kappa shape index (κ2) is 7.44. The van der Waals surface area contributed by atoms with E-state index >= 15 is 0 Å². The number of imidazole rings is 1. The van der Waals surface area contributed by atoms with Gasteiger partial charge in [0, 0.05) is 12.4 Å². The van der Waals surface area contributed by atoms with Gasteiger partial charge in [0.25, 0.3) is 0 Å². The van der Waals surface area contributed by atoms with Crippen LogP contribution in [0, 0.1) is 0 Å². The van der Waals surface area contributed by atoms with Gasteiger partial charge in [-0.25, -0.2) is 15.0 Å². The van der Waals surface area contributed by atoms with Gasteiger partial charge in [-0.1, -0.05) is 24.3 Å². The van der Waals surface area contributed by atoms with Crippen LogP contribution < -0.4 is 0 Å². The van der Waals surface area contributed by atoms with Crippen LogP contribution in [0.15, 0.2) is 91.5 Å². The molecule has 138 valence electrons. The van der Waals surface area contributed by atoms with Crippen molar-refractivity contribution in [3.05, 3.63) is 91.5 Å². The van der Waals surface area contributed by atoms with Gasteiger partial charge in [0.05, 0.1) is 46.2 Å². The first kappa shape index (κ1) is 16.9. The van der Waals surface area contributed by atoms with E-state index < -0.39 is 0 Å². The van der Waals surface area contributed by atoms with E-state index in [1.807, 2.05) is 72.8 Å². The Morgan fingerprint density at radius 3 is 1.66 bits per heavy atom. The minimum Gasteiger partial charge on any atom is -0.343 e. The van der Waals surface area contributed by atoms with Crippen molar-refractivity contribution in [3.8, 4) is 45.6 Å². The Morgan fingerprint density at radius 1 is 0.483 bits per heavy atom. The Bertz CT molecular complexity index is 1150. The lowest BCUT2D eigenvalue weighted by Gasteiger charge is -2.06. The molecule has 0 bridgehead atoms. The SMILES string of the molecule is c1ccc(-c2cccc(-c3nc[nH]c3-c3cccc(-c4ccccn4)n3)n2)nc1. The van der Waals surface area contributed by atoms with Crippen molar-refractivity contribution in [2.45, 2.75) is 0 Å². The third-order valence-electron chi connectivity index (χ3n) is 4.49. The standard InChI is InChI=1S/C23H16N6/c1-3-13-24-16(7-1)18-9-5-11-20(28-18)22-23(27-15-26-22)21-12-6-10-19(29-21)17-8-2-4-14-25-17/h1-15H,(H,26,27). The van der Waals surface area contributed by atoms with Gasteiger partial charge in [-0.05, 0) is 48.5 Å². The Morgan fingerprint density at radius 2 is 1.03 bits per heavy atom. The van der Waals surface area contributed by atoms with E-state index in [2.05, 4.69) is 19.9 Å². The number of pyridine rings is 4. The first-order valence-corrected chi connectivity index (χ1v) is 9.19. The zero-order chi connectivity index (χ0) is 19.5. The second-order valence-electron chi connectivity index (χ2n) is 6.37. The van der Waals surface area contributed by atoms with E-state index in [-0.39, 0.29) is 0 Å². The molecule has 5 rings (SSSR count). The largest absolute Gasteiger partial charge is 0.343 e. The first-order valence-electron chi connectivity index (χ1n) is 9.19. The highest BCUT2D eigenvalue weighted by Crippen LogP contribution is 2.29. The van der Waals surface area contributed by atoms with Crippen LogP contribution >= 0.6 is 0 Å². The normalized spacial score (nSPS) is 10.8. The Labute approximate surface area is 167 Å². The van der Waals surface area contributed by atoms with Gasteiger partial charge in [0.2, 0.25) is 0 Å². The van der Waals surface area contributed by atoms with Crippen LogP contribution in [0.1, 0.15) is 0 Å². The van der Waals surface area contributed by atoms with Gasteiger partial charge in [-0.15, -0.1) is 0 Å². The molecule has 1 N–H and O–H groups in total. The molecular formula is C23H16N6. The summed E-state index contributed by atoms with van der Waals surface area (Å²) in [5, 5.41) is 0. The lowest BCUT2D eigenvalue weighted by Crippen LogP contribution is -1.94. The number of nitrogens with zero attached hydrogens (tertiary/aromatic N) is 5. The summed E-state index contributed by atoms with van der Waals surface area (Å²) >= 11 is 0. The summed E-state index contributed by atoms with van der Waals surface area (Å²) in [7, 11) is 0. The van der Waals surface area contributed by atoms with Gasteiger partial charge >= 0.3 is 0 Å². The van der Waals surface area contributed by atoms with E-state index in [0.717, 1.165) is 45.6 Å². The summed E-state index contributed by atoms with van der Waals surface area (Å²) in [5.74, 6) is 0. The number of rotatable bonds is 4. The highest BCUT2D eigenvalue weighted by Gasteiger charge is 2.15. The van der Waals surface area contributed by atoms with Crippen LogP contribution in [0.2, 0.25) is 0 Å². The Hall–Kier alpha value is -4.19. The summed E-state index contributed by atoms with van der Waals surface area (Å²) in [5.41, 5.74) is 6.35. The first-order chi connectivity index (χ1) is 14.4. The molecule has 5 aromatic rings. The molecule has 0 aliphatic rings. The molecule has 0 atom stereocenters. The molecule has 0 spiro atoms. The van der Waals surface area contributed by atoms with Crippen molar-refractivity contribution in [2.75, 3.05) is 0 Å². The third kappa shape index (κ3) is 3.39. The van der Waals surface area contributed by atoms with Crippen molar-refractivity contribution >= 4 is 0 Å². The fraction of sp³-hybridized carbons (Fsp3) is 0. The molecule has 0 saturated carbocycles. The lowest BCUT2D eigenvalue weighted by molar-refractivity contribution is 1.22. The second-order valence-corrected chi connectivity index (χ2v) is 6.37. The average Bonchev–Trinajstić information content (AvgIpc) is 3.31. The van der Waals surface area contributed by atoms with E-state index in [4.69, 9.17) is 9.97 Å². The molecular weight excluding hydrogens is 360 g/mol. The van der Waals surface area contributed by atoms with Gasteiger partial charge in [0.15, 0.2) is 0 Å². The molecule has 6 nitrogen and oxygen atoms in total. The van der Waals surface area contributed by atoms with Gasteiger partial charge in [-0.2, -0.15) is 0 Å². The van der Waals surface area contributed by atoms with Gasteiger partial charge < -0.3 is 4.98 Å². The van der Waals surface area contributed by atoms with Crippen molar-refractivity contribution < 1.29 is 0 Å². The molecule has 6 heteroatoms. The highest BCUT2D eigenvalue weighted by molar-refractivity contribution is 5.76. The van der Waals surface area contributed by atoms with E-state index in [0.29, 0.717) is 0 Å². The van der Waals surface area contributed by atoms with Crippen molar-refractivity contribution in [1.29, 1.82) is 0 Å². The van der Waals surface area contributed by atoms with Crippen molar-refractivity contribution in [3.63, 3.8) is 0 Å². The molecule has 0 aliphatic carbocycles. The maximum atomic E-state index is 4.78. The molecule has 0 fully saturated rings. The number of nitrogens with one attached hydrogen (secondary N) is 1. The Kier molecular flexibility index (Phi) is 4.35. The van der Waals surface area contributed by atoms with Crippen molar-refractivity contribution in [1.82, 2.24) is 29.9 Å². The van der Waals surface area contributed by atoms with Crippen LogP contribution in [0.25, 0.3) is 45.6 Å². The summed E-state index contributed by atoms with van der Waals surface area (Å²) in [6.45, 7) is 0. The predicted octanol–water partition coefficient (Wildman–Crippen LogP) is 4.66. The summed E-state index contributed by atoms with van der Waals surface area (Å²) < 4.78 is 0. The molecule has 29 heavy (non-hydrogen) atoms. The number of H-pyrrole nitrogens is 1. The lowest BCUT2D eigenvalue weighted by atomic mass is 10.1. The molecule has 0 aromatic carbocycles. The maximum absolute atomic E-state index is 4.78. The topological polar surface area (TPSA) is 80.2 Å². The number of hydrogen-bond acceptors (Lipinski definition) is 5. The smallest absolute Gasteiger partial charge is 0.116 e. The molecule has 0 unspecified atom stereocenters. The van der Waals surface area contributed by atoms with Crippen LogP contribution in [0.3, 0.4) is 0 Å². The fourth-order valence-electron chi connectivity index (χ4n) is 3.14. The molecule has 0 saturated heterocycles. The minimum absolute atomic E-state index is 0.744. The van der Waals surface area contributed by atoms with Gasteiger partial charge in [0.1, 0.15) is 5.69 Å². The van der Waals surface area contributed by atoms with Crippen molar-refractivity contribution in [2.24, 2.45) is 0 Å². The zero-order valence-corrected chi connectivity index (χ0v) is 15.4. The highest BCUT2D eigenvalue weighted by atomic mass is 14.9. The fourth-order valence-corrected chi connectivity index (χ4v) is 3.14. The molecule has 5 aromatic heterocycles. The maximum Gasteiger partial charge on any atom is 0.116 e. The molecule has 5 heterocycles.